The first-order valence-corrected chi connectivity index (χ1v) is 4.63. The summed E-state index contributed by atoms with van der Waals surface area (Å²) in [5.74, 6) is -0.157. The van der Waals surface area contributed by atoms with E-state index in [0.29, 0.717) is 6.61 Å². The van der Waals surface area contributed by atoms with Crippen LogP contribution in [0, 0.1) is 0 Å². The maximum atomic E-state index is 10.7. The van der Waals surface area contributed by atoms with E-state index in [1.807, 2.05) is 24.3 Å². The lowest BCUT2D eigenvalue weighted by Gasteiger charge is -2.10. The van der Waals surface area contributed by atoms with Gasteiger partial charge >= 0.3 is 5.97 Å². The number of fused-ring (bicyclic) bond motifs is 2. The molecule has 0 saturated carbocycles. The summed E-state index contributed by atoms with van der Waals surface area (Å²) in [5, 5.41) is 0. The van der Waals surface area contributed by atoms with Crippen molar-refractivity contribution in [3.63, 3.8) is 0 Å². The van der Waals surface area contributed by atoms with Crippen molar-refractivity contribution in [2.45, 2.75) is 6.92 Å². The van der Waals surface area contributed by atoms with Crippen LogP contribution in [0.1, 0.15) is 22.8 Å². The van der Waals surface area contributed by atoms with E-state index >= 15 is 0 Å². The van der Waals surface area contributed by atoms with Crippen molar-refractivity contribution in [2.24, 2.45) is 0 Å². The van der Waals surface area contributed by atoms with Crippen LogP contribution in [0.15, 0.2) is 36.9 Å². The fourth-order valence-electron chi connectivity index (χ4n) is 1.09. The first-order chi connectivity index (χ1) is 7.19. The first-order valence-electron chi connectivity index (χ1n) is 4.63. The molecule has 78 valence electrons. The molecule has 0 aromatic heterocycles. The minimum Gasteiger partial charge on any atom is -0.463 e. The van der Waals surface area contributed by atoms with Crippen LogP contribution in [0.3, 0.4) is 0 Å². The molecule has 0 aliphatic heterocycles. The third-order valence-electron chi connectivity index (χ3n) is 1.84. The molecule has 0 saturated heterocycles. The van der Waals surface area contributed by atoms with Crippen LogP contribution in [-0.2, 0) is 9.53 Å². The molecular formula is C12H12O3. The molecule has 0 radical (unpaired) electrons. The number of rotatable bonds is 2. The van der Waals surface area contributed by atoms with Gasteiger partial charge < -0.3 is 4.74 Å². The molecular weight excluding hydrogens is 192 g/mol. The second-order valence-electron chi connectivity index (χ2n) is 2.87. The Hall–Kier alpha value is -1.90. The lowest BCUT2D eigenvalue weighted by molar-refractivity contribution is -0.137. The molecule has 0 spiro atoms. The number of benzene rings is 1. The highest BCUT2D eigenvalue weighted by Crippen LogP contribution is 2.19. The van der Waals surface area contributed by atoms with Gasteiger partial charge in [0.1, 0.15) is 0 Å². The van der Waals surface area contributed by atoms with Crippen LogP contribution in [0.5, 0.6) is 0 Å². The van der Waals surface area contributed by atoms with Crippen LogP contribution >= 0.6 is 0 Å². The van der Waals surface area contributed by atoms with Gasteiger partial charge in [-0.2, -0.15) is 0 Å². The first kappa shape index (κ1) is 11.2. The number of hydrogen-bond donors (Lipinski definition) is 0. The highest BCUT2D eigenvalue weighted by atomic mass is 16.5. The third-order valence-corrected chi connectivity index (χ3v) is 1.84. The molecule has 0 heterocycles. The van der Waals surface area contributed by atoms with Crippen LogP contribution in [0.4, 0.5) is 0 Å². The Kier molecular flexibility index (Phi) is 3.80. The van der Waals surface area contributed by atoms with Crippen molar-refractivity contribution in [1.29, 1.82) is 0 Å². The van der Waals surface area contributed by atoms with Gasteiger partial charge in [-0.25, -0.2) is 4.79 Å². The zero-order valence-electron chi connectivity index (χ0n) is 8.53. The van der Waals surface area contributed by atoms with Gasteiger partial charge in [-0.1, -0.05) is 24.8 Å². The average molecular weight is 204 g/mol. The van der Waals surface area contributed by atoms with Crippen molar-refractivity contribution in [3.8, 4) is 0 Å². The molecule has 0 unspecified atom stereocenters. The number of hydrogen-bond acceptors (Lipinski definition) is 3. The number of carbonyl (C=O) groups is 2. The summed E-state index contributed by atoms with van der Waals surface area (Å²) in [6.07, 6.45) is 1.14. The molecule has 0 fully saturated rings. The Morgan fingerprint density at radius 3 is 2.27 bits per heavy atom. The Morgan fingerprint density at radius 2 is 2.07 bits per heavy atom. The predicted molar refractivity (Wildman–Crippen MR) is 56.7 cm³/mol. The van der Waals surface area contributed by atoms with Gasteiger partial charge in [0.2, 0.25) is 0 Å². The third kappa shape index (κ3) is 2.77. The van der Waals surface area contributed by atoms with E-state index in [4.69, 9.17) is 0 Å². The summed E-state index contributed by atoms with van der Waals surface area (Å²) >= 11 is 0. The fraction of sp³-hybridized carbons (Fsp3) is 0.167. The van der Waals surface area contributed by atoms with Gasteiger partial charge in [0.05, 0.1) is 6.61 Å². The van der Waals surface area contributed by atoms with Crippen LogP contribution in [0.2, 0.25) is 0 Å². The topological polar surface area (TPSA) is 43.4 Å². The molecule has 2 aliphatic carbocycles. The maximum Gasteiger partial charge on any atom is 0.330 e. The van der Waals surface area contributed by atoms with E-state index in [2.05, 4.69) is 11.3 Å². The summed E-state index contributed by atoms with van der Waals surface area (Å²) in [4.78, 5) is 20.7. The lowest BCUT2D eigenvalue weighted by Crippen LogP contribution is -2.10. The molecule has 2 bridgehead atoms. The zero-order chi connectivity index (χ0) is 11.3. The Bertz CT molecular complexity index is 365. The average Bonchev–Trinajstić information content (AvgIpc) is 2.30. The van der Waals surface area contributed by atoms with Gasteiger partial charge in [0, 0.05) is 17.2 Å². The van der Waals surface area contributed by atoms with Gasteiger partial charge in [-0.15, -0.1) is 0 Å². The maximum absolute atomic E-state index is 10.7. The van der Waals surface area contributed by atoms with Crippen molar-refractivity contribution in [2.75, 3.05) is 6.61 Å². The summed E-state index contributed by atoms with van der Waals surface area (Å²) in [7, 11) is 0. The molecule has 1 aromatic carbocycles. The van der Waals surface area contributed by atoms with Crippen LogP contribution in [0.25, 0.3) is 0 Å². The van der Waals surface area contributed by atoms with E-state index < -0.39 is 0 Å². The minimum atomic E-state index is -0.359. The molecule has 2 aliphatic rings. The molecule has 3 nitrogen and oxygen atoms in total. The second kappa shape index (κ2) is 5.10. The number of ether oxygens (including phenoxy) is 1. The Morgan fingerprint density at radius 1 is 1.47 bits per heavy atom. The molecule has 3 heteroatoms. The number of esters is 1. The monoisotopic (exact) mass is 204 g/mol. The van der Waals surface area contributed by atoms with Crippen LogP contribution in [-0.4, -0.2) is 18.4 Å². The lowest BCUT2D eigenvalue weighted by atomic mass is 9.92. The minimum absolute atomic E-state index is 0.201. The van der Waals surface area contributed by atoms with Crippen molar-refractivity contribution >= 4 is 11.8 Å². The Labute approximate surface area is 88.4 Å². The van der Waals surface area contributed by atoms with Crippen molar-refractivity contribution < 1.29 is 14.3 Å². The second-order valence-corrected chi connectivity index (χ2v) is 2.87. The normalized spacial score (nSPS) is 10.6. The molecule has 3 rings (SSSR count). The summed E-state index contributed by atoms with van der Waals surface area (Å²) < 4.78 is 4.43. The molecule has 15 heavy (non-hydrogen) atoms. The van der Waals surface area contributed by atoms with Crippen molar-refractivity contribution in [3.05, 3.63) is 48.0 Å². The fourth-order valence-corrected chi connectivity index (χ4v) is 1.09. The predicted octanol–water partition coefficient (Wildman–Crippen LogP) is 1.97. The number of carbonyl (C=O) groups excluding carboxylic acids is 2. The Balaban J connectivity index is 0.000000153. The highest BCUT2D eigenvalue weighted by Gasteiger charge is 2.17. The van der Waals surface area contributed by atoms with Crippen LogP contribution < -0.4 is 0 Å². The summed E-state index contributed by atoms with van der Waals surface area (Å²) in [5.41, 5.74) is 1.70. The quantitative estimate of drug-likeness (QED) is 0.554. The zero-order valence-corrected chi connectivity index (χ0v) is 8.53. The SMILES string of the molecule is C=CC(=O)OCC.O=C1c2cccc1c2. The molecule has 0 atom stereocenters. The van der Waals surface area contributed by atoms with E-state index in [-0.39, 0.29) is 11.8 Å². The molecule has 0 N–H and O–H groups in total. The standard InChI is InChI=1S/C7H4O.C5H8O2/c8-7-5-2-1-3-6(7)4-5;1-3-5(6)7-4-2/h1-4H;3H,1,4H2,2H3. The molecule has 1 aromatic rings. The van der Waals surface area contributed by atoms with E-state index in [0.717, 1.165) is 17.2 Å². The smallest absolute Gasteiger partial charge is 0.330 e. The van der Waals surface area contributed by atoms with E-state index in [1.54, 1.807) is 6.92 Å². The summed E-state index contributed by atoms with van der Waals surface area (Å²) in [6.45, 7) is 5.38. The van der Waals surface area contributed by atoms with E-state index in [9.17, 15) is 9.59 Å². The van der Waals surface area contributed by atoms with Gasteiger partial charge in [-0.3, -0.25) is 4.79 Å². The highest BCUT2D eigenvalue weighted by molar-refractivity contribution is 6.16. The van der Waals surface area contributed by atoms with Gasteiger partial charge in [-0.05, 0) is 13.0 Å². The molecule has 0 amide bonds. The largest absolute Gasteiger partial charge is 0.463 e. The van der Waals surface area contributed by atoms with Gasteiger partial charge in [0.25, 0.3) is 0 Å². The van der Waals surface area contributed by atoms with E-state index in [1.165, 1.54) is 0 Å². The summed E-state index contributed by atoms with van der Waals surface area (Å²) in [6, 6.07) is 7.44. The van der Waals surface area contributed by atoms with Crippen molar-refractivity contribution in [1.82, 2.24) is 0 Å². The van der Waals surface area contributed by atoms with Gasteiger partial charge in [0.15, 0.2) is 5.78 Å². The number of ketones is 1.